The molecule has 1 aliphatic heterocycles. The van der Waals surface area contributed by atoms with Gasteiger partial charge in [-0.2, -0.15) is 0 Å². The van der Waals surface area contributed by atoms with Crippen molar-refractivity contribution in [2.24, 2.45) is 23.0 Å². The van der Waals surface area contributed by atoms with Crippen molar-refractivity contribution in [3.63, 3.8) is 0 Å². The van der Waals surface area contributed by atoms with Crippen LogP contribution in [0.4, 0.5) is 0 Å². The molecule has 17 heavy (non-hydrogen) atoms. The Morgan fingerprint density at radius 2 is 1.65 bits per heavy atom. The van der Waals surface area contributed by atoms with E-state index in [1.54, 1.807) is 0 Å². The summed E-state index contributed by atoms with van der Waals surface area (Å²) in [6.45, 7) is 13.9. The average molecular weight is 240 g/mol. The van der Waals surface area contributed by atoms with Crippen molar-refractivity contribution < 1.29 is 0 Å². The molecule has 0 bridgehead atoms. The molecule has 1 fully saturated rings. The van der Waals surface area contributed by atoms with Crippen molar-refractivity contribution in [1.82, 2.24) is 4.90 Å². The van der Waals surface area contributed by atoms with Gasteiger partial charge in [0.05, 0.1) is 0 Å². The molecule has 1 atom stereocenters. The zero-order valence-corrected chi connectivity index (χ0v) is 12.3. The van der Waals surface area contributed by atoms with Gasteiger partial charge in [-0.25, -0.2) is 0 Å². The molecule has 0 aromatic heterocycles. The summed E-state index contributed by atoms with van der Waals surface area (Å²) in [5, 5.41) is 0. The van der Waals surface area contributed by atoms with E-state index in [1.807, 2.05) is 0 Å². The fourth-order valence-corrected chi connectivity index (χ4v) is 3.06. The number of hydrogen-bond acceptors (Lipinski definition) is 2. The Morgan fingerprint density at radius 3 is 2.00 bits per heavy atom. The summed E-state index contributed by atoms with van der Waals surface area (Å²) < 4.78 is 0. The second-order valence-corrected chi connectivity index (χ2v) is 6.25. The van der Waals surface area contributed by atoms with Gasteiger partial charge in [0.2, 0.25) is 0 Å². The summed E-state index contributed by atoms with van der Waals surface area (Å²) in [6, 6.07) is 0. The Balaban J connectivity index is 2.41. The standard InChI is InChI=1S/C15H32N2/c1-5-15(6-2)7-9-17(10-8-15)12-14(11-16)13(3)4/h13-14H,5-12,16H2,1-4H3. The zero-order chi connectivity index (χ0) is 12.9. The molecule has 0 saturated carbocycles. The summed E-state index contributed by atoms with van der Waals surface area (Å²) in [5.41, 5.74) is 6.52. The minimum absolute atomic E-state index is 0.645. The highest BCUT2D eigenvalue weighted by atomic mass is 15.1. The fourth-order valence-electron chi connectivity index (χ4n) is 3.06. The molecule has 1 heterocycles. The minimum atomic E-state index is 0.645. The molecule has 2 nitrogen and oxygen atoms in total. The number of likely N-dealkylation sites (tertiary alicyclic amines) is 1. The van der Waals surface area contributed by atoms with E-state index in [9.17, 15) is 0 Å². The summed E-state index contributed by atoms with van der Waals surface area (Å²) in [4.78, 5) is 2.64. The number of rotatable bonds is 6. The number of nitrogens with two attached hydrogens (primary N) is 1. The van der Waals surface area contributed by atoms with Crippen molar-refractivity contribution in [3.8, 4) is 0 Å². The predicted octanol–water partition coefficient (Wildman–Crippen LogP) is 3.12. The molecule has 1 unspecified atom stereocenters. The Hall–Kier alpha value is -0.0800. The largest absolute Gasteiger partial charge is 0.330 e. The molecular formula is C15H32N2. The highest BCUT2D eigenvalue weighted by Crippen LogP contribution is 2.38. The lowest BCUT2D eigenvalue weighted by Crippen LogP contribution is -2.43. The summed E-state index contributed by atoms with van der Waals surface area (Å²) in [5.74, 6) is 1.38. The summed E-state index contributed by atoms with van der Waals surface area (Å²) >= 11 is 0. The molecule has 1 saturated heterocycles. The van der Waals surface area contributed by atoms with Crippen molar-refractivity contribution in [3.05, 3.63) is 0 Å². The molecule has 102 valence electrons. The average Bonchev–Trinajstić information content (AvgIpc) is 2.36. The van der Waals surface area contributed by atoms with Crippen molar-refractivity contribution >= 4 is 0 Å². The normalized spacial score (nSPS) is 22.9. The molecule has 0 amide bonds. The van der Waals surface area contributed by atoms with E-state index >= 15 is 0 Å². The van der Waals surface area contributed by atoms with Crippen LogP contribution in [-0.4, -0.2) is 31.1 Å². The Kier molecular flexibility index (Phi) is 5.94. The third-order valence-corrected chi connectivity index (χ3v) is 5.15. The van der Waals surface area contributed by atoms with Crippen LogP contribution in [0.5, 0.6) is 0 Å². The van der Waals surface area contributed by atoms with Gasteiger partial charge >= 0.3 is 0 Å². The predicted molar refractivity (Wildman–Crippen MR) is 76.1 cm³/mol. The third kappa shape index (κ3) is 3.96. The lowest BCUT2D eigenvalue weighted by molar-refractivity contribution is 0.0793. The van der Waals surface area contributed by atoms with Crippen molar-refractivity contribution in [1.29, 1.82) is 0 Å². The molecule has 1 rings (SSSR count). The van der Waals surface area contributed by atoms with E-state index in [-0.39, 0.29) is 0 Å². The SMILES string of the molecule is CCC1(CC)CCN(CC(CN)C(C)C)CC1. The van der Waals surface area contributed by atoms with Crippen LogP contribution in [0.15, 0.2) is 0 Å². The minimum Gasteiger partial charge on any atom is -0.330 e. The number of piperidine rings is 1. The van der Waals surface area contributed by atoms with Crippen molar-refractivity contribution in [2.45, 2.75) is 53.4 Å². The molecule has 0 radical (unpaired) electrons. The van der Waals surface area contributed by atoms with Crippen molar-refractivity contribution in [2.75, 3.05) is 26.2 Å². The maximum Gasteiger partial charge on any atom is 0.00242 e. The smallest absolute Gasteiger partial charge is 0.00242 e. The van der Waals surface area contributed by atoms with Gasteiger partial charge in [0.15, 0.2) is 0 Å². The second-order valence-electron chi connectivity index (χ2n) is 6.25. The van der Waals surface area contributed by atoms with E-state index < -0.39 is 0 Å². The van der Waals surface area contributed by atoms with Gasteiger partial charge < -0.3 is 10.6 Å². The Labute approximate surface area is 108 Å². The molecule has 0 aromatic carbocycles. The first kappa shape index (κ1) is 15.0. The van der Waals surface area contributed by atoms with Crippen LogP contribution in [0.2, 0.25) is 0 Å². The van der Waals surface area contributed by atoms with Gasteiger partial charge in [-0.15, -0.1) is 0 Å². The molecule has 1 aliphatic rings. The first-order valence-corrected chi connectivity index (χ1v) is 7.49. The maximum absolute atomic E-state index is 5.87. The van der Waals surface area contributed by atoms with Gasteiger partial charge in [-0.05, 0) is 49.7 Å². The topological polar surface area (TPSA) is 29.3 Å². The maximum atomic E-state index is 5.87. The van der Waals surface area contributed by atoms with Gasteiger partial charge in [0.25, 0.3) is 0 Å². The van der Waals surface area contributed by atoms with Crippen LogP contribution < -0.4 is 5.73 Å². The molecule has 0 aromatic rings. The van der Waals surface area contributed by atoms with Crippen LogP contribution in [0.1, 0.15) is 53.4 Å². The van der Waals surface area contributed by atoms with Crippen LogP contribution in [0.3, 0.4) is 0 Å². The number of nitrogens with zero attached hydrogens (tertiary/aromatic N) is 1. The highest BCUT2D eigenvalue weighted by Gasteiger charge is 2.31. The van der Waals surface area contributed by atoms with Gasteiger partial charge in [0, 0.05) is 6.54 Å². The Bertz CT molecular complexity index is 199. The molecular weight excluding hydrogens is 208 g/mol. The monoisotopic (exact) mass is 240 g/mol. The molecule has 0 aliphatic carbocycles. The molecule has 0 spiro atoms. The van der Waals surface area contributed by atoms with Gasteiger partial charge in [-0.1, -0.05) is 40.5 Å². The van der Waals surface area contributed by atoms with E-state index in [0.717, 1.165) is 6.54 Å². The van der Waals surface area contributed by atoms with Crippen LogP contribution >= 0.6 is 0 Å². The van der Waals surface area contributed by atoms with Crippen LogP contribution in [0.25, 0.3) is 0 Å². The summed E-state index contributed by atoms with van der Waals surface area (Å²) in [7, 11) is 0. The molecule has 2 N–H and O–H groups in total. The first-order chi connectivity index (χ1) is 8.06. The first-order valence-electron chi connectivity index (χ1n) is 7.49. The zero-order valence-electron chi connectivity index (χ0n) is 12.3. The van der Waals surface area contributed by atoms with E-state index in [2.05, 4.69) is 32.6 Å². The van der Waals surface area contributed by atoms with Crippen LogP contribution in [0, 0.1) is 17.3 Å². The fraction of sp³-hybridized carbons (Fsp3) is 1.00. The lowest BCUT2D eigenvalue weighted by Gasteiger charge is -2.42. The van der Waals surface area contributed by atoms with E-state index in [1.165, 1.54) is 45.3 Å². The van der Waals surface area contributed by atoms with Gasteiger partial charge in [-0.3, -0.25) is 0 Å². The second kappa shape index (κ2) is 6.75. The molecule has 2 heteroatoms. The van der Waals surface area contributed by atoms with E-state index in [0.29, 0.717) is 17.3 Å². The lowest BCUT2D eigenvalue weighted by atomic mass is 9.74. The number of hydrogen-bond donors (Lipinski definition) is 1. The highest BCUT2D eigenvalue weighted by molar-refractivity contribution is 4.85. The van der Waals surface area contributed by atoms with Gasteiger partial charge in [0.1, 0.15) is 0 Å². The quantitative estimate of drug-likeness (QED) is 0.773. The van der Waals surface area contributed by atoms with E-state index in [4.69, 9.17) is 5.73 Å². The van der Waals surface area contributed by atoms with Crippen LogP contribution in [-0.2, 0) is 0 Å². The Morgan fingerprint density at radius 1 is 1.12 bits per heavy atom. The third-order valence-electron chi connectivity index (χ3n) is 5.15. The summed E-state index contributed by atoms with van der Waals surface area (Å²) in [6.07, 6.45) is 5.47.